The van der Waals surface area contributed by atoms with E-state index in [1.54, 1.807) is 4.52 Å². The normalized spacial score (nSPS) is 10.8. The van der Waals surface area contributed by atoms with Gasteiger partial charge in [-0.05, 0) is 19.4 Å². The van der Waals surface area contributed by atoms with Crippen molar-refractivity contribution in [2.24, 2.45) is 0 Å². The van der Waals surface area contributed by atoms with Gasteiger partial charge >= 0.3 is 0 Å². The Morgan fingerprint density at radius 3 is 2.68 bits per heavy atom. The predicted octanol–water partition coefficient (Wildman–Crippen LogP) is 2.93. The average molecular weight is 253 g/mol. The van der Waals surface area contributed by atoms with E-state index in [0.29, 0.717) is 6.61 Å². The van der Waals surface area contributed by atoms with Crippen LogP contribution < -0.4 is 4.74 Å². The first-order valence-corrected chi connectivity index (χ1v) is 6.23. The van der Waals surface area contributed by atoms with Crippen molar-refractivity contribution < 1.29 is 4.74 Å². The van der Waals surface area contributed by atoms with Gasteiger partial charge < -0.3 is 4.74 Å². The standard InChI is InChI=1S/C15H15N3O/c1-11-8-14(15-16-12(2)9-18(15)17-11)19-10-13-6-4-3-5-7-13/h3-9H,10H2,1-2H3. The highest BCUT2D eigenvalue weighted by Crippen LogP contribution is 2.20. The van der Waals surface area contributed by atoms with Gasteiger partial charge in [0.1, 0.15) is 6.61 Å². The van der Waals surface area contributed by atoms with E-state index in [1.165, 1.54) is 0 Å². The van der Waals surface area contributed by atoms with Gasteiger partial charge in [0.25, 0.3) is 0 Å². The van der Waals surface area contributed by atoms with Crippen molar-refractivity contribution in [3.8, 4) is 5.75 Å². The van der Waals surface area contributed by atoms with Gasteiger partial charge in [0.05, 0.1) is 17.6 Å². The first-order valence-electron chi connectivity index (χ1n) is 6.23. The van der Waals surface area contributed by atoms with E-state index >= 15 is 0 Å². The van der Waals surface area contributed by atoms with E-state index < -0.39 is 0 Å². The van der Waals surface area contributed by atoms with Crippen LogP contribution in [0.3, 0.4) is 0 Å². The maximum atomic E-state index is 5.88. The zero-order chi connectivity index (χ0) is 13.2. The number of hydrogen-bond acceptors (Lipinski definition) is 3. The number of aromatic nitrogens is 3. The monoisotopic (exact) mass is 253 g/mol. The maximum absolute atomic E-state index is 5.88. The van der Waals surface area contributed by atoms with Gasteiger partial charge in [0.15, 0.2) is 11.4 Å². The van der Waals surface area contributed by atoms with Gasteiger partial charge in [-0.3, -0.25) is 0 Å². The SMILES string of the molecule is Cc1cn2nc(C)cc(OCc3ccccc3)c2n1. The highest BCUT2D eigenvalue weighted by Gasteiger charge is 2.08. The van der Waals surface area contributed by atoms with Crippen LogP contribution in [0.25, 0.3) is 5.65 Å². The largest absolute Gasteiger partial charge is 0.485 e. The van der Waals surface area contributed by atoms with Gasteiger partial charge in [-0.25, -0.2) is 9.50 Å². The van der Waals surface area contributed by atoms with Crippen LogP contribution in [0.1, 0.15) is 17.0 Å². The molecule has 0 aliphatic rings. The highest BCUT2D eigenvalue weighted by molar-refractivity contribution is 5.53. The third-order valence-electron chi connectivity index (χ3n) is 2.87. The number of hydrogen-bond donors (Lipinski definition) is 0. The number of ether oxygens (including phenoxy) is 1. The van der Waals surface area contributed by atoms with E-state index in [2.05, 4.69) is 10.1 Å². The lowest BCUT2D eigenvalue weighted by atomic mass is 10.2. The molecule has 4 heteroatoms. The molecule has 0 aliphatic heterocycles. The molecule has 19 heavy (non-hydrogen) atoms. The first-order chi connectivity index (χ1) is 9.22. The third-order valence-corrected chi connectivity index (χ3v) is 2.87. The van der Waals surface area contributed by atoms with E-state index in [0.717, 1.165) is 28.3 Å². The number of benzene rings is 1. The van der Waals surface area contributed by atoms with Gasteiger partial charge in [0, 0.05) is 6.07 Å². The van der Waals surface area contributed by atoms with Crippen LogP contribution in [0.15, 0.2) is 42.6 Å². The van der Waals surface area contributed by atoms with Crippen LogP contribution >= 0.6 is 0 Å². The van der Waals surface area contributed by atoms with Crippen molar-refractivity contribution in [2.75, 3.05) is 0 Å². The molecule has 0 unspecified atom stereocenters. The summed E-state index contributed by atoms with van der Waals surface area (Å²) in [5, 5.41) is 4.39. The Kier molecular flexibility index (Phi) is 2.91. The van der Waals surface area contributed by atoms with Gasteiger partial charge in [-0.1, -0.05) is 30.3 Å². The van der Waals surface area contributed by atoms with Gasteiger partial charge in [0.2, 0.25) is 0 Å². The molecule has 1 aromatic carbocycles. The Labute approximate surface area is 111 Å². The van der Waals surface area contributed by atoms with Gasteiger partial charge in [-0.2, -0.15) is 5.10 Å². The average Bonchev–Trinajstić information content (AvgIpc) is 2.77. The van der Waals surface area contributed by atoms with E-state index in [4.69, 9.17) is 4.74 Å². The molecule has 0 atom stereocenters. The van der Waals surface area contributed by atoms with E-state index in [1.807, 2.05) is 56.4 Å². The van der Waals surface area contributed by atoms with Crippen LogP contribution in [0.5, 0.6) is 5.75 Å². The number of nitrogens with zero attached hydrogens (tertiary/aromatic N) is 3. The molecule has 0 spiro atoms. The second-order valence-electron chi connectivity index (χ2n) is 4.57. The first kappa shape index (κ1) is 11.7. The molecule has 0 radical (unpaired) electrons. The van der Waals surface area contributed by atoms with Crippen molar-refractivity contribution in [3.63, 3.8) is 0 Å². The molecule has 0 bridgehead atoms. The smallest absolute Gasteiger partial charge is 0.196 e. The third kappa shape index (κ3) is 2.42. The molecular formula is C15H15N3O. The molecule has 2 heterocycles. The molecule has 0 saturated heterocycles. The van der Waals surface area contributed by atoms with Crippen molar-refractivity contribution in [1.82, 2.24) is 14.6 Å². The minimum absolute atomic E-state index is 0.534. The van der Waals surface area contributed by atoms with Crippen LogP contribution in [0.4, 0.5) is 0 Å². The lowest BCUT2D eigenvalue weighted by Crippen LogP contribution is -2.00. The minimum Gasteiger partial charge on any atom is -0.485 e. The topological polar surface area (TPSA) is 39.4 Å². The summed E-state index contributed by atoms with van der Waals surface area (Å²) in [4.78, 5) is 4.44. The fourth-order valence-electron chi connectivity index (χ4n) is 2.02. The lowest BCUT2D eigenvalue weighted by molar-refractivity contribution is 0.307. The Hall–Kier alpha value is -2.36. The van der Waals surface area contributed by atoms with Crippen LogP contribution in [-0.4, -0.2) is 14.6 Å². The van der Waals surface area contributed by atoms with Crippen molar-refractivity contribution in [1.29, 1.82) is 0 Å². The summed E-state index contributed by atoms with van der Waals surface area (Å²) in [7, 11) is 0. The molecule has 0 aliphatic carbocycles. The summed E-state index contributed by atoms with van der Waals surface area (Å²) < 4.78 is 7.64. The number of imidazole rings is 1. The molecular weight excluding hydrogens is 238 g/mol. The molecule has 3 rings (SSSR count). The summed E-state index contributed by atoms with van der Waals surface area (Å²) in [6.07, 6.45) is 1.90. The molecule has 4 nitrogen and oxygen atoms in total. The molecule has 0 N–H and O–H groups in total. The summed E-state index contributed by atoms with van der Waals surface area (Å²) >= 11 is 0. The van der Waals surface area contributed by atoms with Crippen molar-refractivity contribution in [3.05, 3.63) is 59.5 Å². The predicted molar refractivity (Wildman–Crippen MR) is 73.2 cm³/mol. The molecule has 0 amide bonds. The van der Waals surface area contributed by atoms with E-state index in [9.17, 15) is 0 Å². The quantitative estimate of drug-likeness (QED) is 0.720. The zero-order valence-electron chi connectivity index (χ0n) is 11.0. The second-order valence-corrected chi connectivity index (χ2v) is 4.57. The van der Waals surface area contributed by atoms with Crippen LogP contribution in [-0.2, 0) is 6.61 Å². The summed E-state index contributed by atoms with van der Waals surface area (Å²) in [5.74, 6) is 0.768. The maximum Gasteiger partial charge on any atom is 0.196 e. The van der Waals surface area contributed by atoms with Crippen molar-refractivity contribution in [2.45, 2.75) is 20.5 Å². The number of fused-ring (bicyclic) bond motifs is 1. The Balaban J connectivity index is 1.92. The second kappa shape index (κ2) is 4.72. The summed E-state index contributed by atoms with van der Waals surface area (Å²) in [5.41, 5.74) is 3.74. The van der Waals surface area contributed by atoms with E-state index in [-0.39, 0.29) is 0 Å². The van der Waals surface area contributed by atoms with Crippen LogP contribution in [0.2, 0.25) is 0 Å². The fraction of sp³-hybridized carbons (Fsp3) is 0.200. The molecule has 0 fully saturated rings. The lowest BCUT2D eigenvalue weighted by Gasteiger charge is -2.08. The molecule has 0 saturated carbocycles. The van der Waals surface area contributed by atoms with Gasteiger partial charge in [-0.15, -0.1) is 0 Å². The Morgan fingerprint density at radius 1 is 1.11 bits per heavy atom. The highest BCUT2D eigenvalue weighted by atomic mass is 16.5. The van der Waals surface area contributed by atoms with Crippen LogP contribution in [0, 0.1) is 13.8 Å². The number of aryl methyl sites for hydroxylation is 2. The zero-order valence-corrected chi connectivity index (χ0v) is 11.0. The summed E-state index contributed by atoms with van der Waals surface area (Å²) in [6.45, 7) is 4.43. The van der Waals surface area contributed by atoms with Crippen molar-refractivity contribution >= 4 is 5.65 Å². The fourth-order valence-corrected chi connectivity index (χ4v) is 2.02. The summed E-state index contributed by atoms with van der Waals surface area (Å²) in [6, 6.07) is 12.0. The molecule has 2 aromatic heterocycles. The molecule has 96 valence electrons. The Morgan fingerprint density at radius 2 is 1.89 bits per heavy atom. The molecule has 3 aromatic rings. The minimum atomic E-state index is 0.534. The Bertz CT molecular complexity index is 704. The number of rotatable bonds is 3.